The highest BCUT2D eigenvalue weighted by molar-refractivity contribution is 5.24. The van der Waals surface area contributed by atoms with E-state index in [1.54, 1.807) is 0 Å². The lowest BCUT2D eigenvalue weighted by molar-refractivity contribution is 0.423. The van der Waals surface area contributed by atoms with Gasteiger partial charge < -0.3 is 0 Å². The van der Waals surface area contributed by atoms with Crippen LogP contribution in [0.5, 0.6) is 0 Å². The Bertz CT molecular complexity index is 248. The van der Waals surface area contributed by atoms with Gasteiger partial charge in [-0.25, -0.2) is 0 Å². The number of hydrogen-bond acceptors (Lipinski definition) is 1. The van der Waals surface area contributed by atoms with Gasteiger partial charge in [0.05, 0.1) is 0 Å². The van der Waals surface area contributed by atoms with Crippen LogP contribution in [-0.2, 0) is 0 Å². The molecule has 0 aromatic heterocycles. The lowest BCUT2D eigenvalue weighted by atomic mass is 9.95. The highest BCUT2D eigenvalue weighted by Gasteiger charge is 2.07. The summed E-state index contributed by atoms with van der Waals surface area (Å²) in [7, 11) is 0. The summed E-state index contributed by atoms with van der Waals surface area (Å²) in [6.07, 6.45) is 24.1. The fourth-order valence-electron chi connectivity index (χ4n) is 3.81. The molecular formula is C21H41N. The summed E-state index contributed by atoms with van der Waals surface area (Å²) < 4.78 is 0. The molecule has 0 aromatic carbocycles. The molecule has 1 saturated carbocycles. The zero-order chi connectivity index (χ0) is 15.9. The average molecular weight is 308 g/mol. The van der Waals surface area contributed by atoms with E-state index in [-0.39, 0.29) is 0 Å². The standard InChI is InChI=1S/C21H41N/c1-20-16-12-10-8-6-4-3-5-7-9-11-13-18-21(22-2)19-15-14-17-20/h20-21H,2-19H2,1H3. The lowest BCUT2D eigenvalue weighted by Gasteiger charge is -2.14. The van der Waals surface area contributed by atoms with E-state index in [2.05, 4.69) is 18.6 Å². The maximum absolute atomic E-state index is 4.36. The monoisotopic (exact) mass is 307 g/mol. The van der Waals surface area contributed by atoms with Crippen LogP contribution in [0.4, 0.5) is 0 Å². The van der Waals surface area contributed by atoms with E-state index in [9.17, 15) is 0 Å². The number of rotatable bonds is 1. The summed E-state index contributed by atoms with van der Waals surface area (Å²) in [6.45, 7) is 6.26. The minimum atomic E-state index is 0.539. The summed E-state index contributed by atoms with van der Waals surface area (Å²) in [6, 6.07) is 0.539. The second kappa shape index (κ2) is 14.3. The summed E-state index contributed by atoms with van der Waals surface area (Å²) in [5.41, 5.74) is 0. The van der Waals surface area contributed by atoms with Crippen molar-refractivity contribution < 1.29 is 0 Å². The molecule has 0 spiro atoms. The third-order valence-electron chi connectivity index (χ3n) is 5.48. The van der Waals surface area contributed by atoms with Crippen molar-refractivity contribution in [3.8, 4) is 0 Å². The molecule has 1 rings (SSSR count). The molecule has 1 fully saturated rings. The molecule has 1 aliphatic rings. The third kappa shape index (κ3) is 11.3. The SMILES string of the molecule is C=NC1CCCCCCCCCCCCCC(C)CCCC1. The van der Waals surface area contributed by atoms with Crippen molar-refractivity contribution in [2.75, 3.05) is 0 Å². The molecule has 130 valence electrons. The van der Waals surface area contributed by atoms with E-state index in [1.807, 2.05) is 0 Å². The van der Waals surface area contributed by atoms with Crippen LogP contribution in [0.3, 0.4) is 0 Å². The Morgan fingerprint density at radius 3 is 1.32 bits per heavy atom. The highest BCUT2D eigenvalue weighted by atomic mass is 14.7. The van der Waals surface area contributed by atoms with E-state index in [0.29, 0.717) is 6.04 Å². The summed E-state index contributed by atoms with van der Waals surface area (Å²) in [5, 5.41) is 0. The van der Waals surface area contributed by atoms with Crippen LogP contribution in [-0.4, -0.2) is 12.8 Å². The van der Waals surface area contributed by atoms with Gasteiger partial charge in [-0.15, -0.1) is 0 Å². The van der Waals surface area contributed by atoms with Crippen molar-refractivity contribution in [3.05, 3.63) is 0 Å². The van der Waals surface area contributed by atoms with Gasteiger partial charge in [0.2, 0.25) is 0 Å². The second-order valence-corrected chi connectivity index (χ2v) is 7.69. The number of aliphatic imine (C=N–C) groups is 1. The minimum Gasteiger partial charge on any atom is -0.298 e. The summed E-state index contributed by atoms with van der Waals surface area (Å²) in [4.78, 5) is 4.36. The first-order chi connectivity index (χ1) is 10.8. The first kappa shape index (κ1) is 19.7. The van der Waals surface area contributed by atoms with E-state index in [1.165, 1.54) is 109 Å². The predicted molar refractivity (Wildman–Crippen MR) is 101 cm³/mol. The molecule has 2 atom stereocenters. The molecular weight excluding hydrogens is 266 g/mol. The molecule has 0 heterocycles. The Balaban J connectivity index is 2.24. The Kier molecular flexibility index (Phi) is 12.8. The molecule has 0 aromatic rings. The molecule has 2 unspecified atom stereocenters. The van der Waals surface area contributed by atoms with Gasteiger partial charge in [0, 0.05) is 6.04 Å². The van der Waals surface area contributed by atoms with Crippen LogP contribution < -0.4 is 0 Å². The van der Waals surface area contributed by atoms with Gasteiger partial charge in [-0.05, 0) is 25.5 Å². The molecule has 1 nitrogen and oxygen atoms in total. The van der Waals surface area contributed by atoms with Gasteiger partial charge in [0.15, 0.2) is 0 Å². The molecule has 0 saturated heterocycles. The van der Waals surface area contributed by atoms with Gasteiger partial charge in [-0.1, -0.05) is 103 Å². The van der Waals surface area contributed by atoms with Gasteiger partial charge in [0.1, 0.15) is 0 Å². The van der Waals surface area contributed by atoms with Gasteiger partial charge >= 0.3 is 0 Å². The van der Waals surface area contributed by atoms with Crippen molar-refractivity contribution in [3.63, 3.8) is 0 Å². The maximum atomic E-state index is 4.36. The number of hydrogen-bond donors (Lipinski definition) is 0. The molecule has 1 aliphatic carbocycles. The Labute approximate surface area is 140 Å². The van der Waals surface area contributed by atoms with Crippen LogP contribution >= 0.6 is 0 Å². The predicted octanol–water partition coefficient (Wildman–Crippen LogP) is 7.34. The smallest absolute Gasteiger partial charge is 0.0492 e. The van der Waals surface area contributed by atoms with E-state index in [0.717, 1.165) is 5.92 Å². The third-order valence-corrected chi connectivity index (χ3v) is 5.48. The molecule has 22 heavy (non-hydrogen) atoms. The van der Waals surface area contributed by atoms with Crippen LogP contribution in [0.1, 0.15) is 116 Å². The van der Waals surface area contributed by atoms with E-state index in [4.69, 9.17) is 0 Å². The van der Waals surface area contributed by atoms with Crippen molar-refractivity contribution in [1.29, 1.82) is 0 Å². The summed E-state index contributed by atoms with van der Waals surface area (Å²) in [5.74, 6) is 0.928. The first-order valence-corrected chi connectivity index (χ1v) is 10.3. The molecule has 0 bridgehead atoms. The topological polar surface area (TPSA) is 12.4 Å². The van der Waals surface area contributed by atoms with Crippen molar-refractivity contribution >= 4 is 6.72 Å². The number of nitrogens with zero attached hydrogens (tertiary/aromatic N) is 1. The van der Waals surface area contributed by atoms with Crippen LogP contribution in [0.2, 0.25) is 0 Å². The Hall–Kier alpha value is -0.330. The highest BCUT2D eigenvalue weighted by Crippen LogP contribution is 2.20. The van der Waals surface area contributed by atoms with E-state index < -0.39 is 0 Å². The normalized spacial score (nSPS) is 29.0. The maximum Gasteiger partial charge on any atom is 0.0492 e. The fourth-order valence-corrected chi connectivity index (χ4v) is 3.81. The van der Waals surface area contributed by atoms with Gasteiger partial charge in [-0.2, -0.15) is 0 Å². The van der Waals surface area contributed by atoms with Crippen molar-refractivity contribution in [1.82, 2.24) is 0 Å². The molecule has 0 aliphatic heterocycles. The zero-order valence-corrected chi connectivity index (χ0v) is 15.3. The lowest BCUT2D eigenvalue weighted by Crippen LogP contribution is -2.04. The average Bonchev–Trinajstić information content (AvgIpc) is 2.53. The van der Waals surface area contributed by atoms with Crippen LogP contribution in [0.15, 0.2) is 4.99 Å². The van der Waals surface area contributed by atoms with Crippen molar-refractivity contribution in [2.45, 2.75) is 122 Å². The van der Waals surface area contributed by atoms with E-state index >= 15 is 0 Å². The first-order valence-electron chi connectivity index (χ1n) is 10.3. The second-order valence-electron chi connectivity index (χ2n) is 7.69. The molecule has 0 radical (unpaired) electrons. The molecule has 0 N–H and O–H groups in total. The van der Waals surface area contributed by atoms with Gasteiger partial charge in [0.25, 0.3) is 0 Å². The van der Waals surface area contributed by atoms with Gasteiger partial charge in [-0.3, -0.25) is 4.99 Å². The fraction of sp³-hybridized carbons (Fsp3) is 0.952. The molecule has 1 heteroatoms. The minimum absolute atomic E-state index is 0.539. The van der Waals surface area contributed by atoms with Crippen molar-refractivity contribution in [2.24, 2.45) is 10.9 Å². The van der Waals surface area contributed by atoms with Crippen LogP contribution in [0, 0.1) is 5.92 Å². The molecule has 0 amide bonds. The zero-order valence-electron chi connectivity index (χ0n) is 15.3. The largest absolute Gasteiger partial charge is 0.298 e. The Morgan fingerprint density at radius 1 is 0.545 bits per heavy atom. The Morgan fingerprint density at radius 2 is 0.864 bits per heavy atom. The summed E-state index contributed by atoms with van der Waals surface area (Å²) >= 11 is 0. The van der Waals surface area contributed by atoms with Crippen LogP contribution in [0.25, 0.3) is 0 Å². The quantitative estimate of drug-likeness (QED) is 0.449.